The number of aliphatic carboxylic acids is 1. The molecule has 28 heavy (non-hydrogen) atoms. The summed E-state index contributed by atoms with van der Waals surface area (Å²) in [6.07, 6.45) is 5.18. The Morgan fingerprint density at radius 2 is 2.39 bits per heavy atom. The van der Waals surface area contributed by atoms with Gasteiger partial charge in [-0.25, -0.2) is 9.78 Å². The monoisotopic (exact) mass is 436 g/mol. The van der Waals surface area contributed by atoms with Crippen LogP contribution in [0.15, 0.2) is 46.2 Å². The first kappa shape index (κ1) is 19.0. The minimum absolute atomic E-state index is 0.0817. The number of imidazole rings is 1. The lowest BCUT2D eigenvalue weighted by atomic mass is 10.0. The molecule has 0 aliphatic carbocycles. The number of thioether (sulfide) groups is 2. The number of fused-ring (bicyclic) bond motifs is 1. The van der Waals surface area contributed by atoms with Gasteiger partial charge in [0, 0.05) is 30.4 Å². The SMILES string of the molecule is C=CCn1ccnc1NC1C(=O)N2C(C(=O)O)=C(CSc3nncs3)CS[C@H]12. The lowest BCUT2D eigenvalue weighted by Crippen LogP contribution is -2.67. The lowest BCUT2D eigenvalue weighted by molar-refractivity contribution is -0.147. The number of β-lactam (4-membered cyclic amide) rings is 1. The number of carbonyl (C=O) groups excluding carboxylic acids is 1. The van der Waals surface area contributed by atoms with E-state index < -0.39 is 12.0 Å². The molecule has 2 N–H and O–H groups in total. The fourth-order valence-corrected chi connectivity index (χ4v) is 6.02. The molecule has 2 aliphatic heterocycles. The molecule has 4 rings (SSSR count). The molecule has 2 atom stereocenters. The van der Waals surface area contributed by atoms with Crippen molar-refractivity contribution in [1.82, 2.24) is 24.6 Å². The number of allylic oxidation sites excluding steroid dienone is 1. The zero-order chi connectivity index (χ0) is 19.7. The number of anilines is 1. The van der Waals surface area contributed by atoms with Crippen molar-refractivity contribution < 1.29 is 14.7 Å². The number of carbonyl (C=O) groups is 2. The Bertz CT molecular complexity index is 941. The molecule has 12 heteroatoms. The van der Waals surface area contributed by atoms with Gasteiger partial charge < -0.3 is 15.0 Å². The second-order valence-electron chi connectivity index (χ2n) is 5.97. The maximum absolute atomic E-state index is 12.8. The van der Waals surface area contributed by atoms with Gasteiger partial charge in [0.25, 0.3) is 5.91 Å². The third-order valence-electron chi connectivity index (χ3n) is 4.29. The summed E-state index contributed by atoms with van der Waals surface area (Å²) in [4.78, 5) is 30.3. The molecule has 1 unspecified atom stereocenters. The van der Waals surface area contributed by atoms with Crippen molar-refractivity contribution in [3.05, 3.63) is 41.8 Å². The molecule has 1 amide bonds. The smallest absolute Gasteiger partial charge is 0.352 e. The molecule has 1 saturated heterocycles. The minimum atomic E-state index is -1.09. The topological polar surface area (TPSA) is 113 Å². The van der Waals surface area contributed by atoms with Crippen LogP contribution in [0.3, 0.4) is 0 Å². The van der Waals surface area contributed by atoms with Crippen LogP contribution in [0, 0.1) is 0 Å². The zero-order valence-corrected chi connectivity index (χ0v) is 17.0. The van der Waals surface area contributed by atoms with Crippen molar-refractivity contribution >= 4 is 52.7 Å². The first-order chi connectivity index (χ1) is 13.6. The Labute approximate surface area is 172 Å². The lowest BCUT2D eigenvalue weighted by Gasteiger charge is -2.49. The number of carboxylic acids is 1. The van der Waals surface area contributed by atoms with Crippen LogP contribution in [0.5, 0.6) is 0 Å². The molecule has 0 spiro atoms. The van der Waals surface area contributed by atoms with Gasteiger partial charge >= 0.3 is 5.97 Å². The number of carboxylic acid groups (broad SMARTS) is 1. The Balaban J connectivity index is 1.51. The second-order valence-corrected chi connectivity index (χ2v) is 9.14. The largest absolute Gasteiger partial charge is 0.477 e. The fourth-order valence-electron chi connectivity index (χ4n) is 3.04. The molecule has 146 valence electrons. The van der Waals surface area contributed by atoms with E-state index in [-0.39, 0.29) is 17.0 Å². The predicted octanol–water partition coefficient (Wildman–Crippen LogP) is 1.75. The number of aromatic nitrogens is 4. The molecule has 0 aromatic carbocycles. The van der Waals surface area contributed by atoms with Gasteiger partial charge in [0.1, 0.15) is 22.6 Å². The quantitative estimate of drug-likeness (QED) is 0.363. The maximum Gasteiger partial charge on any atom is 0.352 e. The van der Waals surface area contributed by atoms with Crippen molar-refractivity contribution in [2.24, 2.45) is 0 Å². The molecule has 9 nitrogen and oxygen atoms in total. The predicted molar refractivity (Wildman–Crippen MR) is 108 cm³/mol. The summed E-state index contributed by atoms with van der Waals surface area (Å²) >= 11 is 4.38. The van der Waals surface area contributed by atoms with Gasteiger partial charge in [0.05, 0.1) is 0 Å². The fraction of sp³-hybridized carbons (Fsp3) is 0.312. The van der Waals surface area contributed by atoms with E-state index in [1.807, 2.05) is 4.57 Å². The van der Waals surface area contributed by atoms with Gasteiger partial charge in [-0.1, -0.05) is 29.2 Å². The molecular weight excluding hydrogens is 420 g/mol. The summed E-state index contributed by atoms with van der Waals surface area (Å²) in [5.74, 6) is 0.222. The van der Waals surface area contributed by atoms with Gasteiger partial charge in [-0.3, -0.25) is 9.69 Å². The van der Waals surface area contributed by atoms with Crippen molar-refractivity contribution in [3.8, 4) is 0 Å². The standard InChI is InChI=1S/C16H16N6O3S3/c1-2-4-21-5-3-17-15(21)19-10-12(23)22-11(14(24)25)9(6-26-13(10)22)7-27-16-20-18-8-28-16/h2-3,5,8,10,13H,1,4,6-7H2,(H,17,19)(H,24,25)/t10?,13-/m1/s1. The van der Waals surface area contributed by atoms with Crippen LogP contribution in [-0.4, -0.2) is 64.6 Å². The molecule has 0 radical (unpaired) electrons. The Morgan fingerprint density at radius 3 is 3.11 bits per heavy atom. The first-order valence-corrected chi connectivity index (χ1v) is 11.2. The summed E-state index contributed by atoms with van der Waals surface area (Å²) in [7, 11) is 0. The second kappa shape index (κ2) is 7.97. The van der Waals surface area contributed by atoms with Crippen molar-refractivity contribution in [2.45, 2.75) is 22.3 Å². The average Bonchev–Trinajstić information content (AvgIpc) is 3.35. The van der Waals surface area contributed by atoms with Crippen LogP contribution in [0.4, 0.5) is 5.95 Å². The number of rotatable bonds is 8. The normalized spacial score (nSPS) is 21.3. The number of nitrogens with one attached hydrogen (secondary N) is 1. The highest BCUT2D eigenvalue weighted by molar-refractivity contribution is 8.01. The van der Waals surface area contributed by atoms with Gasteiger partial charge in [-0.15, -0.1) is 28.5 Å². The summed E-state index contributed by atoms with van der Waals surface area (Å²) < 4.78 is 2.61. The van der Waals surface area contributed by atoms with Gasteiger partial charge in [0.2, 0.25) is 5.95 Å². The van der Waals surface area contributed by atoms with E-state index in [1.165, 1.54) is 28.0 Å². The molecule has 4 heterocycles. The van der Waals surface area contributed by atoms with E-state index in [0.717, 1.165) is 4.34 Å². The van der Waals surface area contributed by atoms with Crippen molar-refractivity contribution in [2.75, 3.05) is 16.8 Å². The summed E-state index contributed by atoms with van der Waals surface area (Å²) in [5, 5.41) is 20.3. The number of amides is 1. The molecule has 2 aromatic rings. The highest BCUT2D eigenvalue weighted by Crippen LogP contribution is 2.42. The molecule has 0 saturated carbocycles. The Hall–Kier alpha value is -2.31. The number of nitrogens with zero attached hydrogens (tertiary/aromatic N) is 5. The Kier molecular flexibility index (Phi) is 5.42. The van der Waals surface area contributed by atoms with Crippen LogP contribution in [-0.2, 0) is 16.1 Å². The minimum Gasteiger partial charge on any atom is -0.477 e. The number of hydrogen-bond acceptors (Lipinski definition) is 9. The van der Waals surface area contributed by atoms with E-state index in [4.69, 9.17) is 0 Å². The molecular formula is C16H16N6O3S3. The highest BCUT2D eigenvalue weighted by Gasteiger charge is 2.53. The van der Waals surface area contributed by atoms with E-state index in [2.05, 4.69) is 27.1 Å². The molecule has 1 fully saturated rings. The van der Waals surface area contributed by atoms with Crippen molar-refractivity contribution in [1.29, 1.82) is 0 Å². The van der Waals surface area contributed by atoms with Crippen molar-refractivity contribution in [3.63, 3.8) is 0 Å². The van der Waals surface area contributed by atoms with E-state index in [9.17, 15) is 14.7 Å². The van der Waals surface area contributed by atoms with Gasteiger partial charge in [0.15, 0.2) is 4.34 Å². The zero-order valence-electron chi connectivity index (χ0n) is 14.5. The first-order valence-electron chi connectivity index (χ1n) is 8.27. The van der Waals surface area contributed by atoms with E-state index in [1.54, 1.807) is 35.7 Å². The Morgan fingerprint density at radius 1 is 1.54 bits per heavy atom. The van der Waals surface area contributed by atoms with Crippen LogP contribution in [0.1, 0.15) is 0 Å². The third kappa shape index (κ3) is 3.42. The number of hydrogen-bond donors (Lipinski definition) is 2. The molecule has 2 aliphatic rings. The van der Waals surface area contributed by atoms with Crippen LogP contribution in [0.2, 0.25) is 0 Å². The van der Waals surface area contributed by atoms with Crippen LogP contribution >= 0.6 is 34.9 Å². The summed E-state index contributed by atoms with van der Waals surface area (Å²) in [5.41, 5.74) is 2.43. The van der Waals surface area contributed by atoms with E-state index in [0.29, 0.717) is 29.6 Å². The van der Waals surface area contributed by atoms with E-state index >= 15 is 0 Å². The highest BCUT2D eigenvalue weighted by atomic mass is 32.2. The average molecular weight is 437 g/mol. The third-order valence-corrected chi connectivity index (χ3v) is 7.57. The van der Waals surface area contributed by atoms with Crippen LogP contribution in [0.25, 0.3) is 0 Å². The van der Waals surface area contributed by atoms with Crippen LogP contribution < -0.4 is 5.32 Å². The molecule has 2 aromatic heterocycles. The van der Waals surface area contributed by atoms with Gasteiger partial charge in [-0.05, 0) is 5.57 Å². The summed E-state index contributed by atoms with van der Waals surface area (Å²) in [6, 6.07) is -0.511. The summed E-state index contributed by atoms with van der Waals surface area (Å²) in [6.45, 7) is 4.27. The van der Waals surface area contributed by atoms with Gasteiger partial charge in [-0.2, -0.15) is 0 Å². The molecule has 0 bridgehead atoms. The maximum atomic E-state index is 12.8.